The van der Waals surface area contributed by atoms with Crippen molar-refractivity contribution in [2.24, 2.45) is 0 Å². The molecule has 2 aromatic carbocycles. The second kappa shape index (κ2) is 7.52. The fraction of sp³-hybridized carbons (Fsp3) is 0.174. The van der Waals surface area contributed by atoms with Crippen molar-refractivity contribution >= 4 is 51.7 Å². The lowest BCUT2D eigenvalue weighted by atomic mass is 9.81. The molecule has 146 valence electrons. The molecular weight excluding hydrogens is 423 g/mol. The van der Waals surface area contributed by atoms with Crippen molar-refractivity contribution < 1.29 is 4.79 Å². The summed E-state index contributed by atoms with van der Waals surface area (Å²) in [5, 5.41) is 10.3. The molecule has 1 aliphatic carbocycles. The molecule has 2 aliphatic rings. The second-order valence-corrected chi connectivity index (χ2v) is 9.17. The number of hydrogen-bond acceptors (Lipinski definition) is 4. The summed E-state index contributed by atoms with van der Waals surface area (Å²) < 4.78 is 0. The number of rotatable bonds is 2. The average Bonchev–Trinajstić information content (AvgIpc) is 3.17. The summed E-state index contributed by atoms with van der Waals surface area (Å²) in [6.45, 7) is 0. The fourth-order valence-corrected chi connectivity index (χ4v) is 5.53. The number of hydrogen-bond donors (Lipinski definition) is 2. The zero-order chi connectivity index (χ0) is 20.0. The van der Waals surface area contributed by atoms with Gasteiger partial charge >= 0.3 is 0 Å². The Kier molecular flexibility index (Phi) is 4.86. The molecule has 6 heteroatoms. The highest BCUT2D eigenvalue weighted by atomic mass is 35.5. The molecule has 1 aromatic heterocycles. The Balaban J connectivity index is 1.65. The van der Waals surface area contributed by atoms with Crippen LogP contribution in [0.2, 0.25) is 10.0 Å². The molecule has 0 bridgehead atoms. The van der Waals surface area contributed by atoms with Crippen molar-refractivity contribution in [3.8, 4) is 0 Å². The molecule has 2 atom stereocenters. The van der Waals surface area contributed by atoms with Gasteiger partial charge in [0, 0.05) is 38.5 Å². The summed E-state index contributed by atoms with van der Waals surface area (Å²) in [5.74, 6) is 0.342. The van der Waals surface area contributed by atoms with Gasteiger partial charge in [-0.25, -0.2) is 0 Å². The van der Waals surface area contributed by atoms with Gasteiger partial charge in [-0.05, 0) is 47.7 Å². The third kappa shape index (κ3) is 3.46. The van der Waals surface area contributed by atoms with Gasteiger partial charge in [-0.2, -0.15) is 0 Å². The number of para-hydroxylation sites is 2. The molecule has 1 aliphatic heterocycles. The highest BCUT2D eigenvalue weighted by molar-refractivity contribution is 7.10. The Morgan fingerprint density at radius 3 is 2.55 bits per heavy atom. The van der Waals surface area contributed by atoms with Gasteiger partial charge in [-0.3, -0.25) is 4.79 Å². The van der Waals surface area contributed by atoms with Gasteiger partial charge < -0.3 is 10.6 Å². The molecule has 2 N–H and O–H groups in total. The van der Waals surface area contributed by atoms with Crippen molar-refractivity contribution in [3.63, 3.8) is 0 Å². The number of allylic oxidation sites excluding steroid dienone is 1. The average molecular weight is 441 g/mol. The lowest BCUT2D eigenvalue weighted by molar-refractivity contribution is -0.116. The van der Waals surface area contributed by atoms with Gasteiger partial charge in [0.05, 0.1) is 17.4 Å². The molecule has 0 radical (unpaired) electrons. The molecule has 29 heavy (non-hydrogen) atoms. The van der Waals surface area contributed by atoms with E-state index in [-0.39, 0.29) is 17.7 Å². The van der Waals surface area contributed by atoms with Crippen LogP contribution >= 0.6 is 34.5 Å². The molecule has 0 amide bonds. The van der Waals surface area contributed by atoms with Gasteiger partial charge in [0.2, 0.25) is 0 Å². The van der Waals surface area contributed by atoms with E-state index in [0.717, 1.165) is 34.6 Å². The van der Waals surface area contributed by atoms with E-state index in [0.29, 0.717) is 16.5 Å². The number of carbonyl (C=O) groups is 1. The number of anilines is 2. The predicted molar refractivity (Wildman–Crippen MR) is 121 cm³/mol. The van der Waals surface area contributed by atoms with Gasteiger partial charge in [0.1, 0.15) is 0 Å². The standard InChI is InChI=1S/C23H18Cl2N2OS/c24-14-7-8-15(16(25)12-14)23-22-19(26-17-4-1-2-5-18(17)27-23)10-13(11-20(22)28)21-6-3-9-29-21/h1-9,12-13,23,26-27H,10-11H2/t13-,23+/m0/s1. The normalized spacial score (nSPS) is 21.0. The first-order valence-corrected chi connectivity index (χ1v) is 11.1. The van der Waals surface area contributed by atoms with Gasteiger partial charge in [0.15, 0.2) is 5.78 Å². The maximum atomic E-state index is 13.4. The van der Waals surface area contributed by atoms with Crippen LogP contribution in [0.1, 0.15) is 35.2 Å². The summed E-state index contributed by atoms with van der Waals surface area (Å²) in [6.07, 6.45) is 1.29. The van der Waals surface area contributed by atoms with Crippen molar-refractivity contribution in [1.82, 2.24) is 0 Å². The fourth-order valence-electron chi connectivity index (χ4n) is 4.19. The molecule has 2 heterocycles. The van der Waals surface area contributed by atoms with Gasteiger partial charge in [0.25, 0.3) is 0 Å². The Bertz CT molecular complexity index is 1120. The van der Waals surface area contributed by atoms with Gasteiger partial charge in [-0.1, -0.05) is 47.5 Å². The van der Waals surface area contributed by atoms with E-state index in [9.17, 15) is 4.79 Å². The monoisotopic (exact) mass is 440 g/mol. The third-order valence-electron chi connectivity index (χ3n) is 5.53. The number of fused-ring (bicyclic) bond motifs is 1. The number of nitrogens with one attached hydrogen (secondary N) is 2. The van der Waals surface area contributed by atoms with Crippen LogP contribution in [0.25, 0.3) is 0 Å². The number of carbonyl (C=O) groups excluding carboxylic acids is 1. The van der Waals surface area contributed by atoms with Crippen molar-refractivity contribution in [2.45, 2.75) is 24.8 Å². The van der Waals surface area contributed by atoms with Crippen molar-refractivity contribution in [1.29, 1.82) is 0 Å². The minimum atomic E-state index is -0.331. The van der Waals surface area contributed by atoms with E-state index < -0.39 is 0 Å². The van der Waals surface area contributed by atoms with Crippen LogP contribution in [0.4, 0.5) is 11.4 Å². The summed E-state index contributed by atoms with van der Waals surface area (Å²) in [4.78, 5) is 14.6. The van der Waals surface area contributed by atoms with Crippen LogP contribution in [-0.4, -0.2) is 5.78 Å². The second-order valence-electron chi connectivity index (χ2n) is 7.35. The third-order valence-corrected chi connectivity index (χ3v) is 7.13. The summed E-state index contributed by atoms with van der Waals surface area (Å²) in [5.41, 5.74) is 4.49. The molecule has 0 spiro atoms. The Hall–Kier alpha value is -2.27. The largest absolute Gasteiger partial charge is 0.372 e. The Morgan fingerprint density at radius 1 is 0.966 bits per heavy atom. The number of ketones is 1. The van der Waals surface area contributed by atoms with E-state index >= 15 is 0 Å². The van der Waals surface area contributed by atoms with Crippen molar-refractivity contribution in [2.75, 3.05) is 10.6 Å². The zero-order valence-corrected chi connectivity index (χ0v) is 17.7. The first-order chi connectivity index (χ1) is 14.1. The molecule has 5 rings (SSSR count). The Morgan fingerprint density at radius 2 is 1.79 bits per heavy atom. The van der Waals surface area contributed by atoms with E-state index in [4.69, 9.17) is 23.2 Å². The lowest BCUT2D eigenvalue weighted by Crippen LogP contribution is -2.26. The van der Waals surface area contributed by atoms with Crippen LogP contribution in [0.15, 0.2) is 71.2 Å². The first-order valence-electron chi connectivity index (χ1n) is 9.47. The number of halogens is 2. The summed E-state index contributed by atoms with van der Waals surface area (Å²) in [6, 6.07) is 17.3. The van der Waals surface area contributed by atoms with Crippen LogP contribution in [0.5, 0.6) is 0 Å². The number of benzene rings is 2. The maximum absolute atomic E-state index is 13.4. The summed E-state index contributed by atoms with van der Waals surface area (Å²) in [7, 11) is 0. The van der Waals surface area contributed by atoms with Gasteiger partial charge in [-0.15, -0.1) is 11.3 Å². The van der Waals surface area contributed by atoms with Crippen LogP contribution in [-0.2, 0) is 4.79 Å². The molecule has 0 unspecified atom stereocenters. The van der Waals surface area contributed by atoms with E-state index in [1.165, 1.54) is 4.88 Å². The minimum Gasteiger partial charge on any atom is -0.372 e. The molecule has 0 fully saturated rings. The quantitative estimate of drug-likeness (QED) is 0.448. The highest BCUT2D eigenvalue weighted by Crippen LogP contribution is 2.46. The first kappa shape index (κ1) is 18.7. The molecule has 3 nitrogen and oxygen atoms in total. The van der Waals surface area contributed by atoms with E-state index in [2.05, 4.69) is 22.1 Å². The van der Waals surface area contributed by atoms with Crippen LogP contribution in [0.3, 0.4) is 0 Å². The predicted octanol–water partition coefficient (Wildman–Crippen LogP) is 7.03. The molecule has 3 aromatic rings. The van der Waals surface area contributed by atoms with Crippen LogP contribution in [0, 0.1) is 0 Å². The Labute approximate surface area is 183 Å². The molecular formula is C23H18Cl2N2OS. The zero-order valence-electron chi connectivity index (χ0n) is 15.4. The maximum Gasteiger partial charge on any atom is 0.163 e. The van der Waals surface area contributed by atoms with E-state index in [1.54, 1.807) is 17.4 Å². The number of Topliss-reactive ketones (excluding diaryl/α,β-unsaturated/α-hetero) is 1. The SMILES string of the molecule is O=C1C[C@@H](c2cccs2)CC2=C1[C@@H](c1ccc(Cl)cc1Cl)Nc1ccccc1N2. The molecule has 0 saturated heterocycles. The molecule has 0 saturated carbocycles. The lowest BCUT2D eigenvalue weighted by Gasteiger charge is -2.29. The highest BCUT2D eigenvalue weighted by Gasteiger charge is 2.36. The smallest absolute Gasteiger partial charge is 0.163 e. The summed E-state index contributed by atoms with van der Waals surface area (Å²) >= 11 is 14.4. The van der Waals surface area contributed by atoms with E-state index in [1.807, 2.05) is 42.5 Å². The van der Waals surface area contributed by atoms with Crippen LogP contribution < -0.4 is 10.6 Å². The minimum absolute atomic E-state index is 0.147. The topological polar surface area (TPSA) is 41.1 Å². The number of thiophene rings is 1. The van der Waals surface area contributed by atoms with Crippen molar-refractivity contribution in [3.05, 3.63) is 91.7 Å².